The third-order valence-electron chi connectivity index (χ3n) is 7.15. The van der Waals surface area contributed by atoms with Crippen LogP contribution in [-0.2, 0) is 24.0 Å². The normalized spacial score (nSPS) is 19.2. The lowest BCUT2D eigenvalue weighted by molar-refractivity contribution is -0.00321. The number of benzene rings is 2. The summed E-state index contributed by atoms with van der Waals surface area (Å²) >= 11 is 0. The van der Waals surface area contributed by atoms with E-state index in [0.29, 0.717) is 24.7 Å². The van der Waals surface area contributed by atoms with Crippen LogP contribution in [0.4, 0.5) is 0 Å². The van der Waals surface area contributed by atoms with E-state index in [1.165, 1.54) is 29.5 Å². The van der Waals surface area contributed by atoms with E-state index in [9.17, 15) is 4.79 Å². The molecule has 2 heterocycles. The maximum Gasteiger partial charge on any atom is 0.274 e. The summed E-state index contributed by atoms with van der Waals surface area (Å²) in [6.07, 6.45) is 9.85. The topological polar surface area (TPSA) is 58.2 Å². The zero-order valence-corrected chi connectivity index (χ0v) is 20.5. The van der Waals surface area contributed by atoms with Crippen molar-refractivity contribution in [1.82, 2.24) is 14.9 Å². The average molecular weight is 460 g/mol. The molecule has 1 amide bonds. The van der Waals surface area contributed by atoms with Crippen LogP contribution >= 0.6 is 0 Å². The Bertz CT molecular complexity index is 1020. The number of hydrogen-bond donors (Lipinski definition) is 1. The number of amides is 1. The van der Waals surface area contributed by atoms with Gasteiger partial charge in [-0.3, -0.25) is 4.79 Å². The molecule has 3 aromatic rings. The van der Waals surface area contributed by atoms with Crippen LogP contribution in [0.25, 0.3) is 0 Å². The molecular weight excluding hydrogens is 422 g/mol. The van der Waals surface area contributed by atoms with E-state index in [2.05, 4.69) is 71.5 Å². The third-order valence-corrected chi connectivity index (χ3v) is 7.15. The van der Waals surface area contributed by atoms with Gasteiger partial charge in [-0.05, 0) is 54.7 Å². The second-order valence-electron chi connectivity index (χ2n) is 9.69. The van der Waals surface area contributed by atoms with Gasteiger partial charge in [-0.1, -0.05) is 67.9 Å². The first kappa shape index (κ1) is 24.2. The molecule has 3 atom stereocenters. The molecule has 1 aliphatic heterocycles. The van der Waals surface area contributed by atoms with Crippen molar-refractivity contribution in [2.24, 2.45) is 11.8 Å². The summed E-state index contributed by atoms with van der Waals surface area (Å²) in [4.78, 5) is 21.8. The van der Waals surface area contributed by atoms with E-state index in [-0.39, 0.29) is 17.9 Å². The molecule has 1 aliphatic rings. The minimum atomic E-state index is 0.00104. The summed E-state index contributed by atoms with van der Waals surface area (Å²) < 4.78 is 5.85. The number of ether oxygens (including phenoxy) is 1. The summed E-state index contributed by atoms with van der Waals surface area (Å²) in [5, 5.41) is 0. The fourth-order valence-corrected chi connectivity index (χ4v) is 5.26. The van der Waals surface area contributed by atoms with Gasteiger partial charge in [-0.2, -0.15) is 0 Å². The smallest absolute Gasteiger partial charge is 0.274 e. The number of aryl methyl sites for hydroxylation is 1. The number of aromatic amines is 1. The van der Waals surface area contributed by atoms with Gasteiger partial charge in [0.05, 0.1) is 12.4 Å². The number of rotatable bonds is 10. The Balaban J connectivity index is 1.37. The van der Waals surface area contributed by atoms with Crippen LogP contribution in [0.1, 0.15) is 53.4 Å². The molecule has 4 rings (SSSR count). The van der Waals surface area contributed by atoms with Crippen molar-refractivity contribution < 1.29 is 9.53 Å². The lowest BCUT2D eigenvalue weighted by atomic mass is 9.84. The molecule has 1 saturated heterocycles. The molecule has 5 nitrogen and oxygen atoms in total. The number of aromatic nitrogens is 2. The van der Waals surface area contributed by atoms with Crippen molar-refractivity contribution in [3.05, 3.63) is 89.5 Å². The Hall–Kier alpha value is -2.92. The predicted molar refractivity (Wildman–Crippen MR) is 136 cm³/mol. The number of piperidine rings is 1. The molecule has 0 spiro atoms. The Morgan fingerprint density at radius 2 is 1.91 bits per heavy atom. The highest BCUT2D eigenvalue weighted by molar-refractivity contribution is 5.92. The average Bonchev–Trinajstić information content (AvgIpc) is 3.40. The highest BCUT2D eigenvalue weighted by Gasteiger charge is 2.33. The number of nitrogens with zero attached hydrogens (tertiary/aromatic N) is 2. The van der Waals surface area contributed by atoms with Gasteiger partial charge in [0.2, 0.25) is 0 Å². The second kappa shape index (κ2) is 12.0. The summed E-state index contributed by atoms with van der Waals surface area (Å²) in [6, 6.07) is 19.6. The van der Waals surface area contributed by atoms with Crippen molar-refractivity contribution in [3.8, 4) is 0 Å². The highest BCUT2D eigenvalue weighted by atomic mass is 16.5. The van der Waals surface area contributed by atoms with E-state index in [0.717, 1.165) is 25.7 Å². The number of carbonyl (C=O) groups is 1. The first-order valence-corrected chi connectivity index (χ1v) is 12.6. The van der Waals surface area contributed by atoms with E-state index in [4.69, 9.17) is 4.74 Å². The van der Waals surface area contributed by atoms with Crippen LogP contribution in [0.15, 0.2) is 67.1 Å². The molecule has 3 unspecified atom stereocenters. The summed E-state index contributed by atoms with van der Waals surface area (Å²) in [5.74, 6) is 0.907. The number of imidazole rings is 1. The maximum atomic E-state index is 12.9. The number of H-pyrrole nitrogens is 1. The number of methoxy groups -OCH3 is 1. The lowest BCUT2D eigenvalue weighted by Gasteiger charge is -2.38. The van der Waals surface area contributed by atoms with E-state index in [1.54, 1.807) is 19.6 Å². The van der Waals surface area contributed by atoms with Crippen LogP contribution in [0.2, 0.25) is 0 Å². The van der Waals surface area contributed by atoms with Gasteiger partial charge in [-0.25, -0.2) is 4.98 Å². The number of hydrogen-bond acceptors (Lipinski definition) is 3. The third kappa shape index (κ3) is 6.35. The zero-order chi connectivity index (χ0) is 23.8. The van der Waals surface area contributed by atoms with Gasteiger partial charge in [0, 0.05) is 32.3 Å². The Morgan fingerprint density at radius 3 is 2.65 bits per heavy atom. The molecule has 0 radical (unpaired) electrons. The van der Waals surface area contributed by atoms with Crippen molar-refractivity contribution in [3.63, 3.8) is 0 Å². The molecule has 0 bridgehead atoms. The Labute approximate surface area is 203 Å². The fraction of sp³-hybridized carbons (Fsp3) is 0.448. The second-order valence-corrected chi connectivity index (χ2v) is 9.69. The fourth-order valence-electron chi connectivity index (χ4n) is 5.26. The van der Waals surface area contributed by atoms with E-state index >= 15 is 0 Å². The molecule has 34 heavy (non-hydrogen) atoms. The molecule has 0 saturated carbocycles. The molecule has 180 valence electrons. The quantitative estimate of drug-likeness (QED) is 0.446. The minimum absolute atomic E-state index is 0.00104. The molecule has 5 heteroatoms. The van der Waals surface area contributed by atoms with Crippen LogP contribution in [0, 0.1) is 11.8 Å². The summed E-state index contributed by atoms with van der Waals surface area (Å²) in [6.45, 7) is 3.77. The first-order valence-electron chi connectivity index (χ1n) is 12.6. The molecule has 0 aliphatic carbocycles. The highest BCUT2D eigenvalue weighted by Crippen LogP contribution is 2.27. The molecule has 2 aromatic carbocycles. The SMILES string of the molecule is COC1CCN(C(=O)c2c[nH]cn2)CC1Cc1ccccc1CC(C)CCCc1ccccc1. The zero-order valence-electron chi connectivity index (χ0n) is 20.5. The number of carbonyl (C=O) groups excluding carboxylic acids is 1. The van der Waals surface area contributed by atoms with E-state index < -0.39 is 0 Å². The molecule has 1 N–H and O–H groups in total. The van der Waals surface area contributed by atoms with Crippen molar-refractivity contribution in [2.75, 3.05) is 20.2 Å². The Morgan fingerprint density at radius 1 is 1.15 bits per heavy atom. The predicted octanol–water partition coefficient (Wildman–Crippen LogP) is 5.33. The minimum Gasteiger partial charge on any atom is -0.381 e. The van der Waals surface area contributed by atoms with Crippen molar-refractivity contribution >= 4 is 5.91 Å². The van der Waals surface area contributed by atoms with Crippen LogP contribution in [0.3, 0.4) is 0 Å². The molecule has 1 aromatic heterocycles. The summed E-state index contributed by atoms with van der Waals surface area (Å²) in [5.41, 5.74) is 4.73. The van der Waals surface area contributed by atoms with Crippen molar-refractivity contribution in [1.29, 1.82) is 0 Å². The van der Waals surface area contributed by atoms with Crippen LogP contribution in [0.5, 0.6) is 0 Å². The number of nitrogens with one attached hydrogen (secondary N) is 1. The summed E-state index contributed by atoms with van der Waals surface area (Å²) in [7, 11) is 1.80. The monoisotopic (exact) mass is 459 g/mol. The van der Waals surface area contributed by atoms with Crippen LogP contribution < -0.4 is 0 Å². The Kier molecular flexibility index (Phi) is 8.53. The van der Waals surface area contributed by atoms with E-state index in [1.807, 2.05) is 4.90 Å². The van der Waals surface area contributed by atoms with Gasteiger partial charge in [0.15, 0.2) is 0 Å². The van der Waals surface area contributed by atoms with Crippen molar-refractivity contribution in [2.45, 2.75) is 51.6 Å². The number of likely N-dealkylation sites (tertiary alicyclic amines) is 1. The lowest BCUT2D eigenvalue weighted by Crippen LogP contribution is -2.47. The largest absolute Gasteiger partial charge is 0.381 e. The molecular formula is C29H37N3O2. The maximum absolute atomic E-state index is 12.9. The van der Waals surface area contributed by atoms with Gasteiger partial charge in [-0.15, -0.1) is 0 Å². The van der Waals surface area contributed by atoms with Gasteiger partial charge >= 0.3 is 0 Å². The van der Waals surface area contributed by atoms with Gasteiger partial charge < -0.3 is 14.6 Å². The first-order chi connectivity index (χ1) is 16.6. The van der Waals surface area contributed by atoms with Gasteiger partial charge in [0.25, 0.3) is 5.91 Å². The van der Waals surface area contributed by atoms with Crippen LogP contribution in [-0.4, -0.2) is 47.1 Å². The van der Waals surface area contributed by atoms with Gasteiger partial charge in [0.1, 0.15) is 5.69 Å². The molecule has 1 fully saturated rings. The standard InChI is InChI=1S/C29H37N3O2/c1-22(9-8-12-23-10-4-3-5-11-23)17-24-13-6-7-14-25(24)18-26-20-32(16-15-28(26)34-2)29(33)27-19-30-21-31-27/h3-7,10-11,13-14,19,21-22,26,28H,8-9,12,15-18,20H2,1-2H3,(H,30,31).